The highest BCUT2D eigenvalue weighted by Gasteiger charge is 2.37. The van der Waals surface area contributed by atoms with Crippen LogP contribution in [0.3, 0.4) is 0 Å². The van der Waals surface area contributed by atoms with E-state index < -0.39 is 5.97 Å². The van der Waals surface area contributed by atoms with Gasteiger partial charge in [0, 0.05) is 0 Å². The Morgan fingerprint density at radius 2 is 2.18 bits per heavy atom. The van der Waals surface area contributed by atoms with Gasteiger partial charge in [0.05, 0.1) is 22.9 Å². The molecule has 0 amide bonds. The van der Waals surface area contributed by atoms with Crippen molar-refractivity contribution in [3.05, 3.63) is 28.8 Å². The molecule has 0 aromatic heterocycles. The number of halogens is 1. The Morgan fingerprint density at radius 3 is 2.65 bits per heavy atom. The van der Waals surface area contributed by atoms with Crippen LogP contribution in [-0.2, 0) is 0 Å². The van der Waals surface area contributed by atoms with Gasteiger partial charge in [-0.1, -0.05) is 17.7 Å². The number of anilines is 1. The number of rotatable bonds is 4. The summed E-state index contributed by atoms with van der Waals surface area (Å²) < 4.78 is 0. The van der Waals surface area contributed by atoms with E-state index in [0.717, 1.165) is 19.3 Å². The third kappa shape index (κ3) is 2.23. The van der Waals surface area contributed by atoms with Crippen LogP contribution in [0.5, 0.6) is 0 Å². The lowest BCUT2D eigenvalue weighted by molar-refractivity contribution is 0.0697. The molecule has 0 aliphatic heterocycles. The highest BCUT2D eigenvalue weighted by atomic mass is 35.5. The van der Waals surface area contributed by atoms with Crippen molar-refractivity contribution in [1.29, 1.82) is 0 Å². The quantitative estimate of drug-likeness (QED) is 0.773. The average molecular weight is 256 g/mol. The molecule has 0 radical (unpaired) electrons. The summed E-state index contributed by atoms with van der Waals surface area (Å²) in [6, 6.07) is 4.91. The summed E-state index contributed by atoms with van der Waals surface area (Å²) in [7, 11) is 0. The molecule has 0 heterocycles. The Balaban J connectivity index is 2.32. The predicted molar refractivity (Wildman–Crippen MR) is 65.7 cm³/mol. The fourth-order valence-electron chi connectivity index (χ4n) is 2.06. The summed E-state index contributed by atoms with van der Waals surface area (Å²) in [6.07, 6.45) is 2.72. The van der Waals surface area contributed by atoms with Gasteiger partial charge in [-0.2, -0.15) is 0 Å². The SMILES string of the molecule is O=C(O)c1c(Cl)cccc1NC1(CO)CCC1. The van der Waals surface area contributed by atoms with Crippen molar-refractivity contribution in [2.75, 3.05) is 11.9 Å². The highest BCUT2D eigenvalue weighted by Crippen LogP contribution is 2.36. The zero-order valence-electron chi connectivity index (χ0n) is 9.24. The summed E-state index contributed by atoms with van der Waals surface area (Å²) in [4.78, 5) is 11.1. The lowest BCUT2D eigenvalue weighted by atomic mass is 9.77. The van der Waals surface area contributed by atoms with Gasteiger partial charge in [-0.05, 0) is 31.4 Å². The summed E-state index contributed by atoms with van der Waals surface area (Å²) >= 11 is 5.87. The molecular weight excluding hydrogens is 242 g/mol. The van der Waals surface area contributed by atoms with Gasteiger partial charge in [0.15, 0.2) is 0 Å². The first kappa shape index (κ1) is 12.2. The number of aliphatic hydroxyl groups excluding tert-OH is 1. The minimum atomic E-state index is -1.06. The van der Waals surface area contributed by atoms with Crippen LogP contribution in [0.4, 0.5) is 5.69 Å². The average Bonchev–Trinajstić information content (AvgIpc) is 2.23. The molecule has 1 fully saturated rings. The fourth-order valence-corrected chi connectivity index (χ4v) is 2.31. The number of nitrogens with one attached hydrogen (secondary N) is 1. The molecule has 1 saturated carbocycles. The van der Waals surface area contributed by atoms with Gasteiger partial charge in [-0.25, -0.2) is 4.79 Å². The minimum absolute atomic E-state index is 0.00142. The first-order chi connectivity index (χ1) is 8.08. The molecule has 0 spiro atoms. The maximum atomic E-state index is 11.1. The van der Waals surface area contributed by atoms with Crippen molar-refractivity contribution in [1.82, 2.24) is 0 Å². The zero-order chi connectivity index (χ0) is 12.5. The van der Waals surface area contributed by atoms with Crippen LogP contribution in [0.15, 0.2) is 18.2 Å². The topological polar surface area (TPSA) is 69.6 Å². The zero-order valence-corrected chi connectivity index (χ0v) is 10.00. The third-order valence-electron chi connectivity index (χ3n) is 3.24. The van der Waals surface area contributed by atoms with Gasteiger partial charge < -0.3 is 15.5 Å². The van der Waals surface area contributed by atoms with Gasteiger partial charge in [0.1, 0.15) is 5.56 Å². The first-order valence-corrected chi connectivity index (χ1v) is 5.87. The van der Waals surface area contributed by atoms with E-state index >= 15 is 0 Å². The minimum Gasteiger partial charge on any atom is -0.478 e. The Kier molecular flexibility index (Phi) is 3.26. The monoisotopic (exact) mass is 255 g/mol. The number of aromatic carboxylic acids is 1. The molecule has 1 aromatic carbocycles. The summed E-state index contributed by atoms with van der Waals surface area (Å²) in [5, 5.41) is 21.8. The fraction of sp³-hybridized carbons (Fsp3) is 0.417. The Bertz CT molecular complexity index is 438. The second-order valence-corrected chi connectivity index (χ2v) is 4.79. The van der Waals surface area contributed by atoms with Crippen molar-refractivity contribution < 1.29 is 15.0 Å². The van der Waals surface area contributed by atoms with Gasteiger partial charge in [-0.3, -0.25) is 0 Å². The molecule has 92 valence electrons. The lowest BCUT2D eigenvalue weighted by Gasteiger charge is -2.42. The van der Waals surface area contributed by atoms with Crippen molar-refractivity contribution in [3.8, 4) is 0 Å². The standard InChI is InChI=1S/C12H14ClNO3/c13-8-3-1-4-9(10(8)11(16)17)14-12(7-15)5-2-6-12/h1,3-4,14-15H,2,5-7H2,(H,16,17). The van der Waals surface area contributed by atoms with E-state index in [0.29, 0.717) is 5.69 Å². The number of carbonyl (C=O) groups is 1. The molecule has 1 aliphatic rings. The van der Waals surface area contributed by atoms with E-state index in [1.54, 1.807) is 18.2 Å². The van der Waals surface area contributed by atoms with Crippen LogP contribution in [-0.4, -0.2) is 28.3 Å². The normalized spacial score (nSPS) is 17.3. The molecule has 2 rings (SSSR count). The second-order valence-electron chi connectivity index (χ2n) is 4.38. The molecule has 4 nitrogen and oxygen atoms in total. The smallest absolute Gasteiger partial charge is 0.339 e. The number of carboxylic acids is 1. The van der Waals surface area contributed by atoms with E-state index in [1.165, 1.54) is 0 Å². The molecule has 17 heavy (non-hydrogen) atoms. The Hall–Kier alpha value is -1.26. The second kappa shape index (κ2) is 4.55. The third-order valence-corrected chi connectivity index (χ3v) is 3.56. The van der Waals surface area contributed by atoms with E-state index in [9.17, 15) is 9.90 Å². The molecule has 0 bridgehead atoms. The van der Waals surface area contributed by atoms with E-state index in [-0.39, 0.29) is 22.7 Å². The van der Waals surface area contributed by atoms with Crippen LogP contribution in [0.1, 0.15) is 29.6 Å². The van der Waals surface area contributed by atoms with Crippen molar-refractivity contribution in [2.45, 2.75) is 24.8 Å². The Morgan fingerprint density at radius 1 is 1.47 bits per heavy atom. The summed E-state index contributed by atoms with van der Waals surface area (Å²) in [6.45, 7) is -0.00142. The van der Waals surface area contributed by atoms with Crippen molar-refractivity contribution in [3.63, 3.8) is 0 Å². The molecule has 0 atom stereocenters. The number of hydrogen-bond acceptors (Lipinski definition) is 3. The largest absolute Gasteiger partial charge is 0.478 e. The molecule has 0 saturated heterocycles. The van der Waals surface area contributed by atoms with Crippen LogP contribution in [0, 0.1) is 0 Å². The van der Waals surface area contributed by atoms with Crippen LogP contribution < -0.4 is 5.32 Å². The van der Waals surface area contributed by atoms with Crippen LogP contribution in [0.25, 0.3) is 0 Å². The van der Waals surface area contributed by atoms with Crippen LogP contribution >= 0.6 is 11.6 Å². The molecule has 5 heteroatoms. The first-order valence-electron chi connectivity index (χ1n) is 5.49. The Labute approximate surface area is 104 Å². The lowest BCUT2D eigenvalue weighted by Crippen LogP contribution is -2.48. The molecule has 3 N–H and O–H groups in total. The van der Waals surface area contributed by atoms with Crippen LogP contribution in [0.2, 0.25) is 5.02 Å². The van der Waals surface area contributed by atoms with Gasteiger partial charge >= 0.3 is 5.97 Å². The number of hydrogen-bond donors (Lipinski definition) is 3. The van der Waals surface area contributed by atoms with Gasteiger partial charge in [0.2, 0.25) is 0 Å². The van der Waals surface area contributed by atoms with Crippen molar-refractivity contribution in [2.24, 2.45) is 0 Å². The van der Waals surface area contributed by atoms with E-state index in [1.807, 2.05) is 0 Å². The highest BCUT2D eigenvalue weighted by molar-refractivity contribution is 6.34. The number of benzene rings is 1. The number of aliphatic hydroxyl groups is 1. The van der Waals surface area contributed by atoms with Gasteiger partial charge in [0.25, 0.3) is 0 Å². The molecular formula is C12H14ClNO3. The maximum absolute atomic E-state index is 11.1. The molecule has 1 aromatic rings. The summed E-state index contributed by atoms with van der Waals surface area (Å²) in [5.41, 5.74) is 0.155. The summed E-state index contributed by atoms with van der Waals surface area (Å²) in [5.74, 6) is -1.06. The predicted octanol–water partition coefficient (Wildman–Crippen LogP) is 2.37. The van der Waals surface area contributed by atoms with Gasteiger partial charge in [-0.15, -0.1) is 0 Å². The maximum Gasteiger partial charge on any atom is 0.339 e. The molecule has 0 unspecified atom stereocenters. The molecule has 1 aliphatic carbocycles. The number of carboxylic acid groups (broad SMARTS) is 1. The van der Waals surface area contributed by atoms with E-state index in [2.05, 4.69) is 5.32 Å². The van der Waals surface area contributed by atoms with Crippen molar-refractivity contribution >= 4 is 23.3 Å². The van der Waals surface area contributed by atoms with E-state index in [4.69, 9.17) is 16.7 Å².